The Bertz CT molecular complexity index is 968. The van der Waals surface area contributed by atoms with Gasteiger partial charge >= 0.3 is 0 Å². The van der Waals surface area contributed by atoms with Crippen molar-refractivity contribution >= 4 is 17.3 Å². The summed E-state index contributed by atoms with van der Waals surface area (Å²) in [5.41, 5.74) is 5.13. The van der Waals surface area contributed by atoms with Gasteiger partial charge in [-0.15, -0.1) is 0 Å². The predicted octanol–water partition coefficient (Wildman–Crippen LogP) is 5.52. The summed E-state index contributed by atoms with van der Waals surface area (Å²) in [6, 6.07) is 14.1. The van der Waals surface area contributed by atoms with E-state index in [4.69, 9.17) is 0 Å². The Hall–Kier alpha value is -3.21. The van der Waals surface area contributed by atoms with Crippen LogP contribution in [-0.4, -0.2) is 10.9 Å². The smallest absolute Gasteiger partial charge is 0.257 e. The molecule has 0 bridgehead atoms. The van der Waals surface area contributed by atoms with Crippen LogP contribution >= 0.6 is 0 Å². The topological polar surface area (TPSA) is 54.0 Å². The fourth-order valence-electron chi connectivity index (χ4n) is 3.00. The molecule has 0 saturated carbocycles. The number of hydrogen-bond acceptors (Lipinski definition) is 3. The lowest BCUT2D eigenvalue weighted by Crippen LogP contribution is -2.15. The third kappa shape index (κ3) is 4.74. The third-order valence-corrected chi connectivity index (χ3v) is 4.58. The van der Waals surface area contributed by atoms with E-state index in [2.05, 4.69) is 29.5 Å². The number of pyridine rings is 1. The number of benzene rings is 2. The average Bonchev–Trinajstić information content (AvgIpc) is 2.69. The fraction of sp³-hybridized carbons (Fsp3) is 0.217. The summed E-state index contributed by atoms with van der Waals surface area (Å²) in [6.07, 6.45) is 3.21. The van der Waals surface area contributed by atoms with E-state index in [0.717, 1.165) is 28.1 Å². The molecule has 3 aromatic rings. The molecule has 0 saturated heterocycles. The number of carbonyl (C=O) groups is 1. The zero-order valence-electron chi connectivity index (χ0n) is 16.3. The number of halogens is 1. The third-order valence-electron chi connectivity index (χ3n) is 4.58. The number of anilines is 2. The summed E-state index contributed by atoms with van der Waals surface area (Å²) in [7, 11) is 0. The van der Waals surface area contributed by atoms with Crippen molar-refractivity contribution in [3.8, 4) is 0 Å². The van der Waals surface area contributed by atoms with Gasteiger partial charge in [-0.2, -0.15) is 0 Å². The van der Waals surface area contributed by atoms with E-state index in [0.29, 0.717) is 18.0 Å². The average molecular weight is 377 g/mol. The molecular formula is C23H24FN3O. The first-order valence-electron chi connectivity index (χ1n) is 9.28. The molecule has 0 unspecified atom stereocenters. The second-order valence-electron chi connectivity index (χ2n) is 7.09. The van der Waals surface area contributed by atoms with Crippen molar-refractivity contribution in [3.63, 3.8) is 0 Å². The zero-order valence-corrected chi connectivity index (χ0v) is 16.3. The number of carbonyl (C=O) groups excluding carboxylic acids is 1. The zero-order chi connectivity index (χ0) is 20.1. The van der Waals surface area contributed by atoms with Gasteiger partial charge in [-0.25, -0.2) is 4.39 Å². The Morgan fingerprint density at radius 2 is 1.86 bits per heavy atom. The minimum Gasteiger partial charge on any atom is -0.380 e. The van der Waals surface area contributed by atoms with Gasteiger partial charge < -0.3 is 10.6 Å². The van der Waals surface area contributed by atoms with Crippen LogP contribution in [0.15, 0.2) is 60.9 Å². The molecule has 3 rings (SSSR count). The van der Waals surface area contributed by atoms with Gasteiger partial charge in [-0.3, -0.25) is 9.78 Å². The van der Waals surface area contributed by atoms with Crippen molar-refractivity contribution in [2.24, 2.45) is 0 Å². The Morgan fingerprint density at radius 1 is 1.11 bits per heavy atom. The molecule has 28 heavy (non-hydrogen) atoms. The maximum atomic E-state index is 13.0. The van der Waals surface area contributed by atoms with Gasteiger partial charge in [-0.1, -0.05) is 44.2 Å². The molecule has 2 N–H and O–H groups in total. The van der Waals surface area contributed by atoms with E-state index >= 15 is 0 Å². The summed E-state index contributed by atoms with van der Waals surface area (Å²) in [6.45, 7) is 6.71. The van der Waals surface area contributed by atoms with Crippen LogP contribution < -0.4 is 10.6 Å². The lowest BCUT2D eigenvalue weighted by atomic mass is 9.98. The van der Waals surface area contributed by atoms with E-state index in [1.165, 1.54) is 12.1 Å². The molecule has 1 heterocycles. The second kappa shape index (κ2) is 8.65. The van der Waals surface area contributed by atoms with Crippen LogP contribution in [0, 0.1) is 12.7 Å². The van der Waals surface area contributed by atoms with Crippen molar-refractivity contribution in [2.45, 2.75) is 33.2 Å². The number of hydrogen-bond donors (Lipinski definition) is 2. The largest absolute Gasteiger partial charge is 0.380 e. The number of aryl methyl sites for hydroxylation is 1. The van der Waals surface area contributed by atoms with Gasteiger partial charge in [0.1, 0.15) is 5.82 Å². The molecule has 0 spiro atoms. The minimum atomic E-state index is -0.263. The maximum absolute atomic E-state index is 13.0. The first-order valence-corrected chi connectivity index (χ1v) is 9.28. The SMILES string of the molecule is Cc1cccc(C(C)C)c1NC(=O)c1cncc(NCc2ccc(F)cc2)c1. The van der Waals surface area contributed by atoms with Crippen molar-refractivity contribution < 1.29 is 9.18 Å². The molecule has 5 heteroatoms. The standard InChI is InChI=1S/C23H24FN3O/c1-15(2)21-6-4-5-16(3)22(21)27-23(28)18-11-20(14-25-13-18)26-12-17-7-9-19(24)10-8-17/h4-11,13-15,26H,12H2,1-3H3,(H,27,28). The van der Waals surface area contributed by atoms with Gasteiger partial charge in [0.15, 0.2) is 0 Å². The molecule has 144 valence electrons. The van der Waals surface area contributed by atoms with Gasteiger partial charge in [0.25, 0.3) is 5.91 Å². The molecule has 0 aliphatic carbocycles. The van der Waals surface area contributed by atoms with Gasteiger partial charge in [0.2, 0.25) is 0 Å². The summed E-state index contributed by atoms with van der Waals surface area (Å²) >= 11 is 0. The van der Waals surface area contributed by atoms with Crippen LogP contribution in [0.25, 0.3) is 0 Å². The quantitative estimate of drug-likeness (QED) is 0.595. The molecule has 0 aliphatic heterocycles. The first kappa shape index (κ1) is 19.5. The van der Waals surface area contributed by atoms with Crippen molar-refractivity contribution in [3.05, 3.63) is 89.0 Å². The number of nitrogens with zero attached hydrogens (tertiary/aromatic N) is 1. The number of amides is 1. The summed E-state index contributed by atoms with van der Waals surface area (Å²) in [5, 5.41) is 6.25. The van der Waals surface area contributed by atoms with E-state index in [-0.39, 0.29) is 11.7 Å². The Labute approximate surface area is 164 Å². The number of rotatable bonds is 6. The summed E-state index contributed by atoms with van der Waals surface area (Å²) in [5.74, 6) is -0.160. The molecule has 4 nitrogen and oxygen atoms in total. The van der Waals surface area contributed by atoms with Gasteiger partial charge in [0, 0.05) is 24.6 Å². The van der Waals surface area contributed by atoms with Crippen LogP contribution in [-0.2, 0) is 6.54 Å². The van der Waals surface area contributed by atoms with Crippen LogP contribution in [0.5, 0.6) is 0 Å². The highest BCUT2D eigenvalue weighted by atomic mass is 19.1. The summed E-state index contributed by atoms with van der Waals surface area (Å²) in [4.78, 5) is 17.0. The molecule has 2 aromatic carbocycles. The Balaban J connectivity index is 1.73. The monoisotopic (exact) mass is 377 g/mol. The molecule has 0 atom stereocenters. The Morgan fingerprint density at radius 3 is 2.57 bits per heavy atom. The number of aromatic nitrogens is 1. The van der Waals surface area contributed by atoms with Gasteiger partial charge in [0.05, 0.1) is 11.3 Å². The van der Waals surface area contributed by atoms with Crippen LogP contribution in [0.4, 0.5) is 15.8 Å². The lowest BCUT2D eigenvalue weighted by Gasteiger charge is -2.16. The molecular weight excluding hydrogens is 353 g/mol. The van der Waals surface area contributed by atoms with Crippen molar-refractivity contribution in [1.82, 2.24) is 4.98 Å². The van der Waals surface area contributed by atoms with Crippen LogP contribution in [0.3, 0.4) is 0 Å². The normalized spacial score (nSPS) is 10.8. The summed E-state index contributed by atoms with van der Waals surface area (Å²) < 4.78 is 13.0. The van der Waals surface area contributed by atoms with E-state index in [9.17, 15) is 9.18 Å². The van der Waals surface area contributed by atoms with Crippen molar-refractivity contribution in [2.75, 3.05) is 10.6 Å². The highest BCUT2D eigenvalue weighted by Crippen LogP contribution is 2.28. The fourth-order valence-corrected chi connectivity index (χ4v) is 3.00. The predicted molar refractivity (Wildman–Crippen MR) is 111 cm³/mol. The number of para-hydroxylation sites is 1. The minimum absolute atomic E-state index is 0.200. The van der Waals surface area contributed by atoms with Crippen LogP contribution in [0.2, 0.25) is 0 Å². The highest BCUT2D eigenvalue weighted by molar-refractivity contribution is 6.05. The van der Waals surface area contributed by atoms with E-state index < -0.39 is 0 Å². The van der Waals surface area contributed by atoms with Crippen LogP contribution in [0.1, 0.15) is 46.8 Å². The van der Waals surface area contributed by atoms with E-state index in [1.54, 1.807) is 30.6 Å². The molecule has 1 aromatic heterocycles. The lowest BCUT2D eigenvalue weighted by molar-refractivity contribution is 0.102. The van der Waals surface area contributed by atoms with E-state index in [1.807, 2.05) is 25.1 Å². The van der Waals surface area contributed by atoms with Gasteiger partial charge in [-0.05, 0) is 47.7 Å². The molecule has 0 aliphatic rings. The molecule has 0 radical (unpaired) electrons. The number of nitrogens with one attached hydrogen (secondary N) is 2. The van der Waals surface area contributed by atoms with Crippen molar-refractivity contribution in [1.29, 1.82) is 0 Å². The maximum Gasteiger partial charge on any atom is 0.257 e. The second-order valence-corrected chi connectivity index (χ2v) is 7.09. The molecule has 1 amide bonds. The first-order chi connectivity index (χ1) is 13.4. The molecule has 0 fully saturated rings. The Kier molecular flexibility index (Phi) is 6.04. The highest BCUT2D eigenvalue weighted by Gasteiger charge is 2.14.